The highest BCUT2D eigenvalue weighted by Crippen LogP contribution is 2.30. The molecule has 0 spiro atoms. The number of nitrogens with one attached hydrogen (secondary N) is 1. The molecule has 0 aromatic heterocycles. The molecule has 3 rings (SSSR count). The highest BCUT2D eigenvalue weighted by atomic mass is 35.5. The van der Waals surface area contributed by atoms with E-state index in [-0.39, 0.29) is 12.4 Å². The Labute approximate surface area is 122 Å². The zero-order valence-electron chi connectivity index (χ0n) is 11.4. The Kier molecular flexibility index (Phi) is 4.78. The third-order valence-electron chi connectivity index (χ3n) is 4.75. The fourth-order valence-electron chi connectivity index (χ4n) is 3.38. The molecule has 0 saturated carbocycles. The summed E-state index contributed by atoms with van der Waals surface area (Å²) < 4.78 is 28.5. The fourth-order valence-corrected chi connectivity index (χ4v) is 5.14. The lowest BCUT2D eigenvalue weighted by Gasteiger charge is -2.32. The number of piperidine rings is 1. The van der Waals surface area contributed by atoms with Gasteiger partial charge in [-0.2, -0.15) is 17.0 Å². The third-order valence-corrected chi connectivity index (χ3v) is 6.72. The van der Waals surface area contributed by atoms with Crippen molar-refractivity contribution in [3.05, 3.63) is 0 Å². The van der Waals surface area contributed by atoms with E-state index in [9.17, 15) is 8.42 Å². The molecule has 19 heavy (non-hydrogen) atoms. The fraction of sp³-hybridized carbons (Fsp3) is 1.00. The molecule has 2 atom stereocenters. The third kappa shape index (κ3) is 2.93. The predicted molar refractivity (Wildman–Crippen MR) is 77.6 cm³/mol. The lowest BCUT2D eigenvalue weighted by molar-refractivity contribution is 0.268. The summed E-state index contributed by atoms with van der Waals surface area (Å²) in [7, 11) is -3.19. The molecule has 0 aromatic carbocycles. The monoisotopic (exact) mass is 309 g/mol. The Bertz CT molecular complexity index is 397. The molecule has 0 aromatic rings. The van der Waals surface area contributed by atoms with Crippen molar-refractivity contribution in [3.63, 3.8) is 0 Å². The smallest absolute Gasteiger partial charge is 0.281 e. The van der Waals surface area contributed by atoms with Gasteiger partial charge in [0.1, 0.15) is 0 Å². The van der Waals surface area contributed by atoms with Gasteiger partial charge >= 0.3 is 0 Å². The number of rotatable bonds is 2. The van der Waals surface area contributed by atoms with E-state index in [4.69, 9.17) is 0 Å². The topological polar surface area (TPSA) is 52.7 Å². The summed E-state index contributed by atoms with van der Waals surface area (Å²) in [4.78, 5) is 0. The summed E-state index contributed by atoms with van der Waals surface area (Å²) in [6, 6.07) is 0. The van der Waals surface area contributed by atoms with Crippen molar-refractivity contribution in [1.29, 1.82) is 0 Å². The first-order valence-electron chi connectivity index (χ1n) is 7.03. The van der Waals surface area contributed by atoms with Crippen LogP contribution in [0.3, 0.4) is 0 Å². The van der Waals surface area contributed by atoms with Crippen molar-refractivity contribution in [1.82, 2.24) is 13.9 Å². The summed E-state index contributed by atoms with van der Waals surface area (Å²) in [5, 5.41) is 3.35. The van der Waals surface area contributed by atoms with Crippen LogP contribution in [0.2, 0.25) is 0 Å². The van der Waals surface area contributed by atoms with Gasteiger partial charge in [-0.25, -0.2) is 0 Å². The average Bonchev–Trinajstić information content (AvgIpc) is 2.89. The molecule has 0 bridgehead atoms. The van der Waals surface area contributed by atoms with Crippen LogP contribution in [0.5, 0.6) is 0 Å². The molecule has 0 radical (unpaired) electrons. The van der Waals surface area contributed by atoms with Crippen molar-refractivity contribution in [2.75, 3.05) is 39.3 Å². The van der Waals surface area contributed by atoms with Crippen LogP contribution in [0.25, 0.3) is 0 Å². The second-order valence-corrected chi connectivity index (χ2v) is 8.01. The maximum Gasteiger partial charge on any atom is 0.281 e. The van der Waals surface area contributed by atoms with E-state index in [0.717, 1.165) is 25.9 Å². The molecule has 5 nitrogen and oxygen atoms in total. The predicted octanol–water partition coefficient (Wildman–Crippen LogP) is 0.536. The van der Waals surface area contributed by atoms with Gasteiger partial charge in [-0.1, -0.05) is 6.92 Å². The molecule has 0 aliphatic carbocycles. The van der Waals surface area contributed by atoms with E-state index in [0.29, 0.717) is 43.9 Å². The average molecular weight is 310 g/mol. The van der Waals surface area contributed by atoms with Crippen LogP contribution in [0.1, 0.15) is 19.8 Å². The van der Waals surface area contributed by atoms with Gasteiger partial charge in [-0.15, -0.1) is 12.4 Å². The van der Waals surface area contributed by atoms with Gasteiger partial charge < -0.3 is 5.32 Å². The first-order valence-corrected chi connectivity index (χ1v) is 8.43. The number of fused-ring (bicyclic) bond motifs is 1. The molecule has 1 N–H and O–H groups in total. The van der Waals surface area contributed by atoms with Gasteiger partial charge in [0.25, 0.3) is 10.2 Å². The van der Waals surface area contributed by atoms with Gasteiger partial charge in [0.05, 0.1) is 0 Å². The quantitative estimate of drug-likeness (QED) is 0.810. The van der Waals surface area contributed by atoms with Gasteiger partial charge in [-0.3, -0.25) is 0 Å². The lowest BCUT2D eigenvalue weighted by atomic mass is 10.0. The van der Waals surface area contributed by atoms with Crippen LogP contribution < -0.4 is 5.32 Å². The number of hydrogen-bond acceptors (Lipinski definition) is 3. The van der Waals surface area contributed by atoms with Crippen molar-refractivity contribution in [2.45, 2.75) is 19.8 Å². The molecular weight excluding hydrogens is 286 g/mol. The zero-order chi connectivity index (χ0) is 12.8. The van der Waals surface area contributed by atoms with Gasteiger partial charge in [-0.05, 0) is 43.7 Å². The molecule has 3 fully saturated rings. The largest absolute Gasteiger partial charge is 0.316 e. The molecule has 3 heterocycles. The normalized spacial score (nSPS) is 34.2. The first kappa shape index (κ1) is 15.5. The summed E-state index contributed by atoms with van der Waals surface area (Å²) in [5.41, 5.74) is 0. The van der Waals surface area contributed by atoms with Crippen LogP contribution in [-0.4, -0.2) is 56.3 Å². The van der Waals surface area contributed by atoms with Crippen LogP contribution in [0.4, 0.5) is 0 Å². The molecule has 3 aliphatic rings. The standard InChI is InChI=1S/C12H23N3O2S.ClH/c1-10-2-4-14(5-3-10)18(16,17)15-8-11-6-13-7-12(11)9-15;/h10-13H,2-9H2,1H3;1H/t11-,12+;. The zero-order valence-corrected chi connectivity index (χ0v) is 13.0. The minimum atomic E-state index is -3.19. The number of nitrogens with zero attached hydrogens (tertiary/aromatic N) is 2. The molecule has 3 aliphatic heterocycles. The minimum Gasteiger partial charge on any atom is -0.316 e. The highest BCUT2D eigenvalue weighted by molar-refractivity contribution is 7.86. The Morgan fingerprint density at radius 2 is 1.53 bits per heavy atom. The van der Waals surface area contributed by atoms with E-state index in [1.165, 1.54) is 0 Å². The number of halogens is 1. The van der Waals surface area contributed by atoms with E-state index in [1.807, 2.05) is 0 Å². The maximum absolute atomic E-state index is 12.6. The van der Waals surface area contributed by atoms with Crippen molar-refractivity contribution >= 4 is 22.6 Å². The van der Waals surface area contributed by atoms with E-state index in [1.54, 1.807) is 8.61 Å². The Balaban J connectivity index is 0.00000133. The Morgan fingerprint density at radius 3 is 2.05 bits per heavy atom. The van der Waals surface area contributed by atoms with E-state index >= 15 is 0 Å². The van der Waals surface area contributed by atoms with Gasteiger partial charge in [0.15, 0.2) is 0 Å². The molecule has 0 amide bonds. The van der Waals surface area contributed by atoms with Crippen LogP contribution >= 0.6 is 12.4 Å². The van der Waals surface area contributed by atoms with Crippen LogP contribution in [0, 0.1) is 17.8 Å². The second-order valence-electron chi connectivity index (χ2n) is 6.08. The Hall–Kier alpha value is 0.120. The molecule has 0 unspecified atom stereocenters. The SMILES string of the molecule is CC1CCN(S(=O)(=O)N2C[C@H]3CNC[C@H]3C2)CC1.Cl. The second kappa shape index (κ2) is 5.85. The van der Waals surface area contributed by atoms with E-state index < -0.39 is 10.2 Å². The van der Waals surface area contributed by atoms with Gasteiger partial charge in [0, 0.05) is 26.2 Å². The van der Waals surface area contributed by atoms with Crippen molar-refractivity contribution < 1.29 is 8.42 Å². The molecule has 112 valence electrons. The van der Waals surface area contributed by atoms with Gasteiger partial charge in [0.2, 0.25) is 0 Å². The number of hydrogen-bond donors (Lipinski definition) is 1. The lowest BCUT2D eigenvalue weighted by Crippen LogP contribution is -2.46. The summed E-state index contributed by atoms with van der Waals surface area (Å²) in [6.07, 6.45) is 2.00. The molecule has 7 heteroatoms. The van der Waals surface area contributed by atoms with Crippen LogP contribution in [-0.2, 0) is 10.2 Å². The first-order chi connectivity index (χ1) is 8.57. The molecular formula is C12H24ClN3O2S. The van der Waals surface area contributed by atoms with Crippen molar-refractivity contribution in [3.8, 4) is 0 Å². The summed E-state index contributed by atoms with van der Waals surface area (Å²) in [6.45, 7) is 7.00. The summed E-state index contributed by atoms with van der Waals surface area (Å²) in [5.74, 6) is 1.73. The Morgan fingerprint density at radius 1 is 1.00 bits per heavy atom. The highest BCUT2D eigenvalue weighted by Gasteiger charge is 2.43. The summed E-state index contributed by atoms with van der Waals surface area (Å²) >= 11 is 0. The maximum atomic E-state index is 12.6. The van der Waals surface area contributed by atoms with E-state index in [2.05, 4.69) is 12.2 Å². The molecule has 3 saturated heterocycles. The van der Waals surface area contributed by atoms with Crippen LogP contribution in [0.15, 0.2) is 0 Å². The minimum absolute atomic E-state index is 0. The van der Waals surface area contributed by atoms with Crippen molar-refractivity contribution in [2.24, 2.45) is 17.8 Å².